The third-order valence-electron chi connectivity index (χ3n) is 3.69. The molecule has 5 heteroatoms. The summed E-state index contributed by atoms with van der Waals surface area (Å²) in [6.45, 7) is 6.97. The van der Waals surface area contributed by atoms with E-state index in [1.54, 1.807) is 18.2 Å². The first kappa shape index (κ1) is 11.4. The van der Waals surface area contributed by atoms with Gasteiger partial charge < -0.3 is 5.32 Å². The van der Waals surface area contributed by atoms with Crippen LogP contribution in [0.5, 0.6) is 0 Å². The third kappa shape index (κ3) is 1.92. The van der Waals surface area contributed by atoms with Gasteiger partial charge in [-0.15, -0.1) is 0 Å². The third-order valence-corrected chi connectivity index (χ3v) is 5.91. The quantitative estimate of drug-likeness (QED) is 0.750. The van der Waals surface area contributed by atoms with Crippen molar-refractivity contribution in [1.29, 1.82) is 0 Å². The molecule has 1 unspecified atom stereocenters. The van der Waals surface area contributed by atoms with Crippen LogP contribution in [0.3, 0.4) is 0 Å². The Labute approximate surface area is 92.1 Å². The molecule has 2 aliphatic rings. The summed E-state index contributed by atoms with van der Waals surface area (Å²) in [6.07, 6.45) is 2.14. The maximum atomic E-state index is 12.0. The van der Waals surface area contributed by atoms with Crippen LogP contribution in [0, 0.1) is 5.41 Å². The van der Waals surface area contributed by atoms with Crippen LogP contribution in [0.4, 0.5) is 0 Å². The van der Waals surface area contributed by atoms with Crippen molar-refractivity contribution in [3.05, 3.63) is 0 Å². The second-order valence-corrected chi connectivity index (χ2v) is 7.59. The number of hydrogen-bond acceptors (Lipinski definition) is 3. The van der Waals surface area contributed by atoms with Crippen LogP contribution in [0.25, 0.3) is 0 Å². The lowest BCUT2D eigenvalue weighted by atomic mass is 9.87. The van der Waals surface area contributed by atoms with Crippen molar-refractivity contribution in [3.8, 4) is 0 Å². The van der Waals surface area contributed by atoms with Gasteiger partial charge >= 0.3 is 0 Å². The fourth-order valence-corrected chi connectivity index (χ4v) is 3.95. The molecule has 2 fully saturated rings. The van der Waals surface area contributed by atoms with Crippen LogP contribution < -0.4 is 5.32 Å². The molecule has 0 amide bonds. The molecular formula is C10H20N2O2S. The lowest BCUT2D eigenvalue weighted by Gasteiger charge is -2.23. The minimum atomic E-state index is -3.03. The minimum absolute atomic E-state index is 0.238. The average molecular weight is 232 g/mol. The van der Waals surface area contributed by atoms with E-state index in [1.807, 2.05) is 0 Å². The Bertz CT molecular complexity index is 331. The van der Waals surface area contributed by atoms with Gasteiger partial charge in [-0.2, -0.15) is 0 Å². The Kier molecular flexibility index (Phi) is 2.81. The molecule has 0 aromatic rings. The van der Waals surface area contributed by atoms with Gasteiger partial charge in [0.2, 0.25) is 10.0 Å². The topological polar surface area (TPSA) is 49.4 Å². The summed E-state index contributed by atoms with van der Waals surface area (Å²) >= 11 is 0. The molecule has 0 radical (unpaired) electrons. The molecule has 4 nitrogen and oxygen atoms in total. The zero-order valence-corrected chi connectivity index (χ0v) is 10.3. The monoisotopic (exact) mass is 232 g/mol. The van der Waals surface area contributed by atoms with Crippen molar-refractivity contribution >= 4 is 10.0 Å². The van der Waals surface area contributed by atoms with E-state index < -0.39 is 10.0 Å². The van der Waals surface area contributed by atoms with Crippen molar-refractivity contribution in [2.24, 2.45) is 5.41 Å². The van der Waals surface area contributed by atoms with E-state index in [4.69, 9.17) is 0 Å². The largest absolute Gasteiger partial charge is 0.316 e. The van der Waals surface area contributed by atoms with E-state index >= 15 is 0 Å². The maximum Gasteiger partial charge on any atom is 0.216 e. The van der Waals surface area contributed by atoms with Crippen LogP contribution in [0.15, 0.2) is 0 Å². The first-order valence-corrected chi connectivity index (χ1v) is 7.16. The Morgan fingerprint density at radius 1 is 1.33 bits per heavy atom. The van der Waals surface area contributed by atoms with Gasteiger partial charge in [0.25, 0.3) is 0 Å². The SMILES string of the molecule is CC(C)S(=O)(=O)N1CCC2(CCNC2)C1. The predicted octanol–water partition coefficient (Wildman–Crippen LogP) is 0.410. The molecule has 1 atom stereocenters. The van der Waals surface area contributed by atoms with Gasteiger partial charge in [0, 0.05) is 19.6 Å². The predicted molar refractivity (Wildman–Crippen MR) is 60.2 cm³/mol. The van der Waals surface area contributed by atoms with Gasteiger partial charge in [0.15, 0.2) is 0 Å². The van der Waals surface area contributed by atoms with Gasteiger partial charge in [-0.3, -0.25) is 0 Å². The van der Waals surface area contributed by atoms with Gasteiger partial charge in [-0.05, 0) is 38.6 Å². The molecule has 2 saturated heterocycles. The smallest absolute Gasteiger partial charge is 0.216 e. The highest BCUT2D eigenvalue weighted by Gasteiger charge is 2.44. The van der Waals surface area contributed by atoms with E-state index in [9.17, 15) is 8.42 Å². The van der Waals surface area contributed by atoms with Crippen LogP contribution in [-0.2, 0) is 10.0 Å². The molecule has 0 aliphatic carbocycles. The zero-order chi connectivity index (χ0) is 11.1. The normalized spacial score (nSPS) is 33.3. The molecule has 0 bridgehead atoms. The molecule has 1 spiro atoms. The van der Waals surface area contributed by atoms with Crippen molar-refractivity contribution < 1.29 is 8.42 Å². The van der Waals surface area contributed by atoms with E-state index in [2.05, 4.69) is 5.32 Å². The van der Waals surface area contributed by atoms with Gasteiger partial charge in [0.05, 0.1) is 5.25 Å². The highest BCUT2D eigenvalue weighted by molar-refractivity contribution is 7.89. The molecule has 88 valence electrons. The van der Waals surface area contributed by atoms with Gasteiger partial charge in [-0.1, -0.05) is 0 Å². The maximum absolute atomic E-state index is 12.0. The van der Waals surface area contributed by atoms with Crippen LogP contribution >= 0.6 is 0 Å². The van der Waals surface area contributed by atoms with Crippen molar-refractivity contribution in [3.63, 3.8) is 0 Å². The van der Waals surface area contributed by atoms with Crippen molar-refractivity contribution in [1.82, 2.24) is 9.62 Å². The Hall–Kier alpha value is -0.130. The molecule has 0 aromatic heterocycles. The summed E-state index contributed by atoms with van der Waals surface area (Å²) < 4.78 is 25.6. The molecule has 2 heterocycles. The van der Waals surface area contributed by atoms with Crippen molar-refractivity contribution in [2.45, 2.75) is 31.9 Å². The summed E-state index contributed by atoms with van der Waals surface area (Å²) in [4.78, 5) is 0. The second kappa shape index (κ2) is 3.71. The zero-order valence-electron chi connectivity index (χ0n) is 9.49. The molecule has 0 saturated carbocycles. The van der Waals surface area contributed by atoms with Crippen LogP contribution in [-0.4, -0.2) is 44.2 Å². The Morgan fingerprint density at radius 2 is 2.07 bits per heavy atom. The molecule has 2 rings (SSSR count). The van der Waals surface area contributed by atoms with Gasteiger partial charge in [-0.25, -0.2) is 12.7 Å². The Morgan fingerprint density at radius 3 is 2.60 bits per heavy atom. The van der Waals surface area contributed by atoms with E-state index in [1.165, 1.54) is 0 Å². The van der Waals surface area contributed by atoms with E-state index in [0.717, 1.165) is 32.5 Å². The van der Waals surface area contributed by atoms with Crippen molar-refractivity contribution in [2.75, 3.05) is 26.2 Å². The fourth-order valence-electron chi connectivity index (χ4n) is 2.55. The summed E-state index contributed by atoms with van der Waals surface area (Å²) in [5.41, 5.74) is 0.238. The lowest BCUT2D eigenvalue weighted by Crippen LogP contribution is -2.37. The first-order chi connectivity index (χ1) is 6.96. The fraction of sp³-hybridized carbons (Fsp3) is 1.00. The highest BCUT2D eigenvalue weighted by Crippen LogP contribution is 2.37. The van der Waals surface area contributed by atoms with Crippen LogP contribution in [0.2, 0.25) is 0 Å². The summed E-state index contributed by atoms with van der Waals surface area (Å²) in [6, 6.07) is 0. The number of hydrogen-bond donors (Lipinski definition) is 1. The van der Waals surface area contributed by atoms with E-state index in [0.29, 0.717) is 6.54 Å². The summed E-state index contributed by atoms with van der Waals surface area (Å²) in [5.74, 6) is 0. The first-order valence-electron chi connectivity index (χ1n) is 5.66. The minimum Gasteiger partial charge on any atom is -0.316 e. The number of rotatable bonds is 2. The number of nitrogens with zero attached hydrogens (tertiary/aromatic N) is 1. The van der Waals surface area contributed by atoms with E-state index in [-0.39, 0.29) is 10.7 Å². The Balaban J connectivity index is 2.10. The molecule has 0 aromatic carbocycles. The molecule has 1 N–H and O–H groups in total. The standard InChI is InChI=1S/C10H20N2O2S/c1-9(2)15(13,14)12-6-4-10(8-12)3-5-11-7-10/h9,11H,3-8H2,1-2H3. The van der Waals surface area contributed by atoms with Gasteiger partial charge in [0.1, 0.15) is 0 Å². The lowest BCUT2D eigenvalue weighted by molar-refractivity contribution is 0.337. The number of sulfonamides is 1. The molecule has 2 aliphatic heterocycles. The van der Waals surface area contributed by atoms with Crippen LogP contribution in [0.1, 0.15) is 26.7 Å². The number of nitrogens with one attached hydrogen (secondary N) is 1. The average Bonchev–Trinajstić information content (AvgIpc) is 2.77. The second-order valence-electron chi connectivity index (χ2n) is 5.10. The summed E-state index contributed by atoms with van der Waals surface area (Å²) in [5, 5.41) is 3.04. The molecular weight excluding hydrogens is 212 g/mol. The molecule has 15 heavy (non-hydrogen) atoms. The highest BCUT2D eigenvalue weighted by atomic mass is 32.2. The summed E-state index contributed by atoms with van der Waals surface area (Å²) in [7, 11) is -3.03.